The van der Waals surface area contributed by atoms with Crippen LogP contribution >= 0.6 is 0 Å². The molecule has 2 amide bonds. The van der Waals surface area contributed by atoms with Gasteiger partial charge in [-0.2, -0.15) is 0 Å². The molecule has 1 atom stereocenters. The van der Waals surface area contributed by atoms with Crippen LogP contribution in [-0.2, 0) is 9.53 Å². The molecule has 3 heterocycles. The maximum atomic E-state index is 12.9. The first-order valence-electron chi connectivity index (χ1n) is 9.16. The van der Waals surface area contributed by atoms with Gasteiger partial charge in [0.15, 0.2) is 0 Å². The number of hydrogen-bond donors (Lipinski definition) is 0. The van der Waals surface area contributed by atoms with E-state index in [1.54, 1.807) is 4.90 Å². The average Bonchev–Trinajstić information content (AvgIpc) is 2.83. The number of piperidine rings is 1. The van der Waals surface area contributed by atoms with Gasteiger partial charge in [0.1, 0.15) is 11.6 Å². The minimum Gasteiger partial charge on any atom is -0.444 e. The molecule has 3 fully saturated rings. The van der Waals surface area contributed by atoms with E-state index in [9.17, 15) is 9.59 Å². The first-order valence-corrected chi connectivity index (χ1v) is 9.16. The zero-order valence-electron chi connectivity index (χ0n) is 15.5. The van der Waals surface area contributed by atoms with Gasteiger partial charge in [0.05, 0.1) is 0 Å². The highest BCUT2D eigenvalue weighted by Gasteiger charge is 2.46. The van der Waals surface area contributed by atoms with Crippen molar-refractivity contribution in [2.24, 2.45) is 5.41 Å². The van der Waals surface area contributed by atoms with Gasteiger partial charge < -0.3 is 14.5 Å². The van der Waals surface area contributed by atoms with E-state index in [0.29, 0.717) is 12.0 Å². The molecule has 0 unspecified atom stereocenters. The summed E-state index contributed by atoms with van der Waals surface area (Å²) in [5, 5.41) is 0. The number of hydrogen-bond acceptors (Lipinski definition) is 4. The Labute approximate surface area is 145 Å². The maximum absolute atomic E-state index is 12.9. The van der Waals surface area contributed by atoms with E-state index in [1.165, 1.54) is 12.8 Å². The standard InChI is InChI=1S/C18H31N3O3/c1-17(2,3)24-16(23)21-9-5-14(21)15(22)20-12-8-18(13-20)6-10-19(4)11-7-18/h14H,5-13H2,1-4H3/t14-/m1/s1. The van der Waals surface area contributed by atoms with E-state index >= 15 is 0 Å². The first-order chi connectivity index (χ1) is 11.2. The summed E-state index contributed by atoms with van der Waals surface area (Å²) in [4.78, 5) is 31.0. The highest BCUT2D eigenvalue weighted by atomic mass is 16.6. The average molecular weight is 337 g/mol. The summed E-state index contributed by atoms with van der Waals surface area (Å²) >= 11 is 0. The number of likely N-dealkylation sites (tertiary alicyclic amines) is 3. The SMILES string of the molecule is CN1CCC2(CC1)CCN(C(=O)[C@H]1CCN1C(=O)OC(C)(C)C)C2. The molecular weight excluding hydrogens is 306 g/mol. The zero-order chi connectivity index (χ0) is 17.5. The Morgan fingerprint density at radius 3 is 2.21 bits per heavy atom. The molecule has 3 rings (SSSR count). The van der Waals surface area contributed by atoms with Gasteiger partial charge in [-0.3, -0.25) is 9.69 Å². The van der Waals surface area contributed by atoms with Crippen molar-refractivity contribution in [3.63, 3.8) is 0 Å². The summed E-state index contributed by atoms with van der Waals surface area (Å²) in [6.45, 7) is 10.1. The molecular formula is C18H31N3O3. The Morgan fingerprint density at radius 1 is 1.04 bits per heavy atom. The molecule has 3 saturated heterocycles. The van der Waals surface area contributed by atoms with Crippen LogP contribution in [0.15, 0.2) is 0 Å². The van der Waals surface area contributed by atoms with Gasteiger partial charge in [0.2, 0.25) is 5.91 Å². The smallest absolute Gasteiger partial charge is 0.410 e. The second-order valence-corrected chi connectivity index (χ2v) is 8.79. The third-order valence-electron chi connectivity index (χ3n) is 5.73. The Morgan fingerprint density at radius 2 is 1.67 bits per heavy atom. The van der Waals surface area contributed by atoms with Crippen LogP contribution in [-0.4, -0.2) is 78.1 Å². The van der Waals surface area contributed by atoms with E-state index in [0.717, 1.165) is 39.0 Å². The Hall–Kier alpha value is -1.30. The van der Waals surface area contributed by atoms with Crippen molar-refractivity contribution in [3.05, 3.63) is 0 Å². The lowest BCUT2D eigenvalue weighted by Crippen LogP contribution is -2.59. The van der Waals surface area contributed by atoms with Gasteiger partial charge in [-0.05, 0) is 72.0 Å². The van der Waals surface area contributed by atoms with Crippen LogP contribution in [0, 0.1) is 5.41 Å². The van der Waals surface area contributed by atoms with E-state index in [2.05, 4.69) is 11.9 Å². The van der Waals surface area contributed by atoms with Crippen LogP contribution in [0.5, 0.6) is 0 Å². The largest absolute Gasteiger partial charge is 0.444 e. The van der Waals surface area contributed by atoms with E-state index < -0.39 is 5.60 Å². The third kappa shape index (κ3) is 3.53. The topological polar surface area (TPSA) is 53.1 Å². The van der Waals surface area contributed by atoms with Gasteiger partial charge in [-0.25, -0.2) is 4.79 Å². The second kappa shape index (κ2) is 6.21. The molecule has 0 aliphatic carbocycles. The van der Waals surface area contributed by atoms with Gasteiger partial charge in [0.25, 0.3) is 0 Å². The lowest BCUT2D eigenvalue weighted by Gasteiger charge is -2.42. The van der Waals surface area contributed by atoms with Gasteiger partial charge in [-0.1, -0.05) is 0 Å². The van der Waals surface area contributed by atoms with E-state index in [1.807, 2.05) is 25.7 Å². The number of carbonyl (C=O) groups excluding carboxylic acids is 2. The van der Waals surface area contributed by atoms with Crippen molar-refractivity contribution < 1.29 is 14.3 Å². The van der Waals surface area contributed by atoms with Crippen molar-refractivity contribution in [1.82, 2.24) is 14.7 Å². The third-order valence-corrected chi connectivity index (χ3v) is 5.73. The summed E-state index contributed by atoms with van der Waals surface area (Å²) in [7, 11) is 2.16. The van der Waals surface area contributed by atoms with Crippen LogP contribution < -0.4 is 0 Å². The van der Waals surface area contributed by atoms with Gasteiger partial charge in [-0.15, -0.1) is 0 Å². The number of carbonyl (C=O) groups is 2. The number of rotatable bonds is 1. The predicted molar refractivity (Wildman–Crippen MR) is 91.7 cm³/mol. The summed E-state index contributed by atoms with van der Waals surface area (Å²) in [5.74, 6) is 0.114. The molecule has 6 nitrogen and oxygen atoms in total. The van der Waals surface area contributed by atoms with Crippen molar-refractivity contribution in [3.8, 4) is 0 Å². The van der Waals surface area contributed by atoms with Crippen LogP contribution in [0.1, 0.15) is 46.5 Å². The molecule has 0 aromatic carbocycles. The fraction of sp³-hybridized carbons (Fsp3) is 0.889. The van der Waals surface area contributed by atoms with Gasteiger partial charge in [0, 0.05) is 19.6 Å². The van der Waals surface area contributed by atoms with Crippen LogP contribution in [0.4, 0.5) is 4.79 Å². The lowest BCUT2D eigenvalue weighted by atomic mass is 9.78. The summed E-state index contributed by atoms with van der Waals surface area (Å²) in [5.41, 5.74) is -0.214. The molecule has 0 bridgehead atoms. The molecule has 1 spiro atoms. The molecule has 0 saturated carbocycles. The summed E-state index contributed by atoms with van der Waals surface area (Å²) in [6, 6.07) is -0.318. The van der Waals surface area contributed by atoms with E-state index in [-0.39, 0.29) is 18.0 Å². The molecule has 0 radical (unpaired) electrons. The first kappa shape index (κ1) is 17.5. The number of ether oxygens (including phenoxy) is 1. The summed E-state index contributed by atoms with van der Waals surface area (Å²) < 4.78 is 5.42. The quantitative estimate of drug-likeness (QED) is 0.734. The van der Waals surface area contributed by atoms with Crippen LogP contribution in [0.25, 0.3) is 0 Å². The second-order valence-electron chi connectivity index (χ2n) is 8.79. The summed E-state index contributed by atoms with van der Waals surface area (Å²) in [6.07, 6.45) is 3.85. The zero-order valence-corrected chi connectivity index (χ0v) is 15.5. The monoisotopic (exact) mass is 337 g/mol. The Bertz CT molecular complexity index is 506. The van der Waals surface area contributed by atoms with Crippen molar-refractivity contribution in [2.75, 3.05) is 39.8 Å². The fourth-order valence-corrected chi connectivity index (χ4v) is 4.02. The molecule has 3 aliphatic rings. The van der Waals surface area contributed by atoms with Gasteiger partial charge >= 0.3 is 6.09 Å². The van der Waals surface area contributed by atoms with Crippen LogP contribution in [0.3, 0.4) is 0 Å². The van der Waals surface area contributed by atoms with Crippen LogP contribution in [0.2, 0.25) is 0 Å². The highest BCUT2D eigenvalue weighted by Crippen LogP contribution is 2.40. The maximum Gasteiger partial charge on any atom is 0.410 e. The number of nitrogens with zero attached hydrogens (tertiary/aromatic N) is 3. The molecule has 0 N–H and O–H groups in total. The normalized spacial score (nSPS) is 27.2. The minimum atomic E-state index is -0.522. The highest BCUT2D eigenvalue weighted by molar-refractivity contribution is 5.87. The lowest BCUT2D eigenvalue weighted by molar-refractivity contribution is -0.140. The van der Waals surface area contributed by atoms with E-state index in [4.69, 9.17) is 4.74 Å². The van der Waals surface area contributed by atoms with Crippen molar-refractivity contribution in [2.45, 2.75) is 58.1 Å². The molecule has 6 heteroatoms. The molecule has 3 aliphatic heterocycles. The Kier molecular flexibility index (Phi) is 4.53. The molecule has 0 aromatic rings. The predicted octanol–water partition coefficient (Wildman–Crippen LogP) is 1.94. The minimum absolute atomic E-state index is 0.114. The fourth-order valence-electron chi connectivity index (χ4n) is 4.02. The molecule has 0 aromatic heterocycles. The van der Waals surface area contributed by atoms with Crippen molar-refractivity contribution >= 4 is 12.0 Å². The molecule has 136 valence electrons. The van der Waals surface area contributed by atoms with Crippen molar-refractivity contribution in [1.29, 1.82) is 0 Å². The number of amides is 2. The molecule has 24 heavy (non-hydrogen) atoms. The Balaban J connectivity index is 1.56.